The van der Waals surface area contributed by atoms with Crippen molar-refractivity contribution < 1.29 is 5.11 Å². The predicted octanol–water partition coefficient (Wildman–Crippen LogP) is 0.368. The van der Waals surface area contributed by atoms with Crippen LogP contribution in [0.15, 0.2) is 0 Å². The third-order valence-corrected chi connectivity index (χ3v) is 3.08. The summed E-state index contributed by atoms with van der Waals surface area (Å²) in [5.74, 6) is 0.625. The van der Waals surface area contributed by atoms with Crippen molar-refractivity contribution in [3.05, 3.63) is 0 Å². The molecular weight excluding hydrogens is 126 g/mol. The smallest absolute Gasteiger partial charge is 0.0465 e. The van der Waals surface area contributed by atoms with E-state index in [0.29, 0.717) is 17.9 Å². The van der Waals surface area contributed by atoms with Crippen LogP contribution in [0.5, 0.6) is 0 Å². The highest BCUT2D eigenvalue weighted by molar-refractivity contribution is 5.04. The third-order valence-electron chi connectivity index (χ3n) is 3.08. The van der Waals surface area contributed by atoms with Gasteiger partial charge in [0.15, 0.2) is 0 Å². The molecule has 2 nitrogen and oxygen atoms in total. The van der Waals surface area contributed by atoms with Crippen molar-refractivity contribution in [1.29, 1.82) is 0 Å². The molecule has 0 aromatic rings. The molecule has 10 heavy (non-hydrogen) atoms. The maximum atomic E-state index is 8.90. The van der Waals surface area contributed by atoms with Gasteiger partial charge in [0, 0.05) is 13.2 Å². The molecule has 58 valence electrons. The normalized spacial score (nSPS) is 45.9. The summed E-state index contributed by atoms with van der Waals surface area (Å²) in [6.45, 7) is 2.74. The molecule has 2 atom stereocenters. The van der Waals surface area contributed by atoms with Crippen molar-refractivity contribution >= 4 is 0 Å². The van der Waals surface area contributed by atoms with Gasteiger partial charge in [-0.15, -0.1) is 0 Å². The molecule has 1 aliphatic heterocycles. The van der Waals surface area contributed by atoms with Crippen molar-refractivity contribution in [2.75, 3.05) is 19.7 Å². The van der Waals surface area contributed by atoms with Gasteiger partial charge in [0.2, 0.25) is 0 Å². The van der Waals surface area contributed by atoms with Gasteiger partial charge in [-0.1, -0.05) is 0 Å². The summed E-state index contributed by atoms with van der Waals surface area (Å²) in [7, 11) is 0. The Hall–Kier alpha value is -0.0800. The second-order valence-electron chi connectivity index (χ2n) is 3.73. The van der Waals surface area contributed by atoms with Crippen molar-refractivity contribution in [3.63, 3.8) is 0 Å². The Kier molecular flexibility index (Phi) is 1.46. The number of aliphatic hydroxyl groups is 1. The molecule has 2 aliphatic rings. The molecule has 2 rings (SSSR count). The first-order valence-corrected chi connectivity index (χ1v) is 4.19. The molecule has 0 unspecified atom stereocenters. The van der Waals surface area contributed by atoms with Gasteiger partial charge in [-0.25, -0.2) is 0 Å². The summed E-state index contributed by atoms with van der Waals surface area (Å²) < 4.78 is 0. The first-order valence-electron chi connectivity index (χ1n) is 4.19. The summed E-state index contributed by atoms with van der Waals surface area (Å²) in [6, 6.07) is 0. The molecule has 0 radical (unpaired) electrons. The first-order chi connectivity index (χ1) is 4.87. The van der Waals surface area contributed by atoms with E-state index >= 15 is 0 Å². The van der Waals surface area contributed by atoms with E-state index in [1.807, 2.05) is 0 Å². The first kappa shape index (κ1) is 6.62. The Morgan fingerprint density at radius 1 is 1.60 bits per heavy atom. The van der Waals surface area contributed by atoms with Crippen LogP contribution in [0.1, 0.15) is 19.3 Å². The van der Waals surface area contributed by atoms with Crippen LogP contribution >= 0.6 is 0 Å². The van der Waals surface area contributed by atoms with E-state index in [1.54, 1.807) is 0 Å². The molecule has 0 bridgehead atoms. The van der Waals surface area contributed by atoms with E-state index in [1.165, 1.54) is 25.8 Å². The van der Waals surface area contributed by atoms with E-state index in [0.717, 1.165) is 6.54 Å². The molecule has 1 saturated carbocycles. The van der Waals surface area contributed by atoms with Gasteiger partial charge < -0.3 is 10.4 Å². The maximum Gasteiger partial charge on any atom is 0.0465 e. The maximum absolute atomic E-state index is 8.90. The van der Waals surface area contributed by atoms with Crippen LogP contribution in [-0.4, -0.2) is 24.8 Å². The molecule has 1 heterocycles. The molecule has 1 aliphatic carbocycles. The monoisotopic (exact) mass is 141 g/mol. The zero-order chi connectivity index (χ0) is 7.03. The number of rotatable bonds is 1. The highest BCUT2D eigenvalue weighted by atomic mass is 16.3. The molecule has 2 heteroatoms. The lowest BCUT2D eigenvalue weighted by Gasteiger charge is -2.23. The van der Waals surface area contributed by atoms with Gasteiger partial charge >= 0.3 is 0 Å². The lowest BCUT2D eigenvalue weighted by atomic mass is 9.94. The highest BCUT2D eigenvalue weighted by Gasteiger charge is 2.53. The second kappa shape index (κ2) is 2.21. The quantitative estimate of drug-likeness (QED) is 0.553. The molecule has 1 saturated heterocycles. The second-order valence-corrected chi connectivity index (χ2v) is 3.73. The number of hydrogen-bond donors (Lipinski definition) is 2. The average Bonchev–Trinajstić information content (AvgIpc) is 2.65. The fraction of sp³-hybridized carbons (Fsp3) is 1.00. The summed E-state index contributed by atoms with van der Waals surface area (Å²) in [5, 5.41) is 12.3. The van der Waals surface area contributed by atoms with E-state index in [-0.39, 0.29) is 0 Å². The predicted molar refractivity (Wildman–Crippen MR) is 39.7 cm³/mol. The van der Waals surface area contributed by atoms with Crippen LogP contribution in [-0.2, 0) is 0 Å². The Morgan fingerprint density at radius 3 is 3.00 bits per heavy atom. The van der Waals surface area contributed by atoms with Gasteiger partial charge in [0.1, 0.15) is 0 Å². The molecule has 2 N–H and O–H groups in total. The summed E-state index contributed by atoms with van der Waals surface area (Å²) in [4.78, 5) is 0. The van der Waals surface area contributed by atoms with E-state index in [2.05, 4.69) is 5.32 Å². The minimum absolute atomic E-state index is 0.404. The van der Waals surface area contributed by atoms with Gasteiger partial charge in [-0.3, -0.25) is 0 Å². The Morgan fingerprint density at radius 2 is 2.50 bits per heavy atom. The van der Waals surface area contributed by atoms with E-state index in [4.69, 9.17) is 5.11 Å². The van der Waals surface area contributed by atoms with Crippen LogP contribution < -0.4 is 5.32 Å². The van der Waals surface area contributed by atoms with Gasteiger partial charge in [-0.05, 0) is 37.1 Å². The third kappa shape index (κ3) is 0.867. The summed E-state index contributed by atoms with van der Waals surface area (Å²) >= 11 is 0. The number of hydrogen-bond acceptors (Lipinski definition) is 2. The lowest BCUT2D eigenvalue weighted by Crippen LogP contribution is -2.32. The number of piperidine rings is 1. The topological polar surface area (TPSA) is 32.3 Å². The Labute approximate surface area is 61.6 Å². The van der Waals surface area contributed by atoms with Gasteiger partial charge in [0.05, 0.1) is 0 Å². The SMILES string of the molecule is OC[C@@H]1C[C@]12CCCNC2. The molecule has 0 aromatic heterocycles. The number of aliphatic hydroxyl groups excluding tert-OH is 1. The van der Waals surface area contributed by atoms with E-state index in [9.17, 15) is 0 Å². The van der Waals surface area contributed by atoms with Crippen molar-refractivity contribution in [1.82, 2.24) is 5.32 Å². The minimum atomic E-state index is 0.404. The Bertz CT molecular complexity index is 129. The van der Waals surface area contributed by atoms with Crippen LogP contribution in [0.4, 0.5) is 0 Å². The average molecular weight is 141 g/mol. The number of nitrogens with one attached hydrogen (secondary N) is 1. The molecular formula is C8H15NO. The standard InChI is InChI=1S/C8H15NO/c10-5-7-4-8(7)2-1-3-9-6-8/h7,9-10H,1-6H2/t7-,8-/m0/s1. The Balaban J connectivity index is 1.92. The van der Waals surface area contributed by atoms with Crippen molar-refractivity contribution in [2.45, 2.75) is 19.3 Å². The van der Waals surface area contributed by atoms with Crippen molar-refractivity contribution in [2.24, 2.45) is 11.3 Å². The largest absolute Gasteiger partial charge is 0.396 e. The van der Waals surface area contributed by atoms with E-state index < -0.39 is 0 Å². The van der Waals surface area contributed by atoms with Crippen LogP contribution in [0.2, 0.25) is 0 Å². The van der Waals surface area contributed by atoms with Crippen LogP contribution in [0.3, 0.4) is 0 Å². The van der Waals surface area contributed by atoms with Crippen molar-refractivity contribution in [3.8, 4) is 0 Å². The lowest BCUT2D eigenvalue weighted by molar-refractivity contribution is 0.229. The van der Waals surface area contributed by atoms with Gasteiger partial charge in [0.25, 0.3) is 0 Å². The zero-order valence-corrected chi connectivity index (χ0v) is 6.27. The van der Waals surface area contributed by atoms with Crippen LogP contribution in [0.25, 0.3) is 0 Å². The molecule has 0 amide bonds. The zero-order valence-electron chi connectivity index (χ0n) is 6.27. The van der Waals surface area contributed by atoms with Crippen LogP contribution in [0, 0.1) is 11.3 Å². The summed E-state index contributed by atoms with van der Waals surface area (Å²) in [5.41, 5.74) is 0.535. The minimum Gasteiger partial charge on any atom is -0.396 e. The molecule has 2 fully saturated rings. The summed E-state index contributed by atoms with van der Waals surface area (Å²) in [6.07, 6.45) is 3.90. The highest BCUT2D eigenvalue weighted by Crippen LogP contribution is 2.55. The van der Waals surface area contributed by atoms with Gasteiger partial charge in [-0.2, -0.15) is 0 Å². The fourth-order valence-electron chi connectivity index (χ4n) is 2.20. The fourth-order valence-corrected chi connectivity index (χ4v) is 2.20. The molecule has 0 aromatic carbocycles. The molecule has 1 spiro atoms.